The number of anilines is 3. The lowest BCUT2D eigenvalue weighted by atomic mass is 9.74. The molecule has 15 nitrogen and oxygen atoms in total. The van der Waals surface area contributed by atoms with Gasteiger partial charge in [0, 0.05) is 41.9 Å². The second-order valence-electron chi connectivity index (χ2n) is 12.8. The Morgan fingerprint density at radius 1 is 0.863 bits per heavy atom. The Morgan fingerprint density at radius 2 is 1.53 bits per heavy atom. The molecule has 266 valence electrons. The van der Waals surface area contributed by atoms with Crippen LogP contribution in [0.5, 0.6) is 0 Å². The number of likely N-dealkylation sites (tertiary alicyclic amines) is 1. The molecule has 5 N–H and O–H groups in total. The standard InChI is InChI=1S/C35H38ClN9O6/c1-35(2,20-37-31(47)32(48)41-28-19-24(36)10-15-29(28)45-21-38-42-43-45)27(30(46)39-25-13-8-23(9-14-25)33(49)50)18-22-6-11-26(12-7-22)40-34(51)44-16-4-3-5-17-44/h6-15,19,21,27H,3-5,16-18,20H2,1-2H3,(H,37,47)(H,39,46)(H,40,51)(H,41,48)(H,49,50)/t27-/m1/s1. The van der Waals surface area contributed by atoms with E-state index in [9.17, 15) is 29.1 Å². The number of piperidine rings is 1. The van der Waals surface area contributed by atoms with E-state index >= 15 is 0 Å². The fraction of sp³-hybridized carbons (Fsp3) is 0.314. The van der Waals surface area contributed by atoms with Crippen LogP contribution >= 0.6 is 11.6 Å². The summed E-state index contributed by atoms with van der Waals surface area (Å²) in [4.78, 5) is 65.7. The number of aromatic carboxylic acids is 1. The number of hydrogen-bond acceptors (Lipinski definition) is 8. The minimum absolute atomic E-state index is 0.0608. The maximum absolute atomic E-state index is 13.9. The number of benzene rings is 3. The normalized spacial score (nSPS) is 13.5. The maximum atomic E-state index is 13.9. The number of carbonyl (C=O) groups is 5. The number of rotatable bonds is 11. The average molecular weight is 716 g/mol. The van der Waals surface area contributed by atoms with Gasteiger partial charge in [0.1, 0.15) is 6.33 Å². The summed E-state index contributed by atoms with van der Waals surface area (Å²) in [6, 6.07) is 17.4. The lowest BCUT2D eigenvalue weighted by molar-refractivity contribution is -0.136. The summed E-state index contributed by atoms with van der Waals surface area (Å²) in [5.41, 5.74) is 1.56. The second kappa shape index (κ2) is 16.3. The highest BCUT2D eigenvalue weighted by atomic mass is 35.5. The zero-order valence-electron chi connectivity index (χ0n) is 28.1. The zero-order valence-corrected chi connectivity index (χ0v) is 28.8. The van der Waals surface area contributed by atoms with Crippen molar-refractivity contribution < 1.29 is 29.1 Å². The first-order chi connectivity index (χ1) is 24.4. The summed E-state index contributed by atoms with van der Waals surface area (Å²) in [5.74, 6) is -4.13. The van der Waals surface area contributed by atoms with Crippen LogP contribution in [0.3, 0.4) is 0 Å². The number of halogens is 1. The third-order valence-electron chi connectivity index (χ3n) is 8.66. The van der Waals surface area contributed by atoms with Crippen molar-refractivity contribution in [3.05, 3.63) is 89.2 Å². The van der Waals surface area contributed by atoms with E-state index in [1.807, 2.05) is 12.1 Å². The first-order valence-corrected chi connectivity index (χ1v) is 16.7. The molecule has 1 saturated heterocycles. The molecule has 0 unspecified atom stereocenters. The Balaban J connectivity index is 1.29. The molecule has 5 rings (SSSR count). The van der Waals surface area contributed by atoms with Crippen LogP contribution in [0, 0.1) is 11.3 Å². The Kier molecular flexibility index (Phi) is 11.6. The van der Waals surface area contributed by atoms with E-state index in [0.717, 1.165) is 37.9 Å². The van der Waals surface area contributed by atoms with Crippen LogP contribution in [-0.2, 0) is 20.8 Å². The molecule has 1 aliphatic heterocycles. The molecule has 1 fully saturated rings. The van der Waals surface area contributed by atoms with Gasteiger partial charge >= 0.3 is 23.8 Å². The number of amides is 5. The molecule has 0 bridgehead atoms. The summed E-state index contributed by atoms with van der Waals surface area (Å²) >= 11 is 6.14. The molecule has 0 spiro atoms. The summed E-state index contributed by atoms with van der Waals surface area (Å²) < 4.78 is 1.31. The second-order valence-corrected chi connectivity index (χ2v) is 13.3. The SMILES string of the molecule is CC(C)(CNC(=O)C(=O)Nc1cc(Cl)ccc1-n1cnnn1)[C@H](Cc1ccc(NC(=O)N2CCCCC2)cc1)C(=O)Nc1ccc(C(=O)O)cc1. The van der Waals surface area contributed by atoms with Crippen molar-refractivity contribution in [2.75, 3.05) is 35.6 Å². The van der Waals surface area contributed by atoms with Crippen molar-refractivity contribution in [3.63, 3.8) is 0 Å². The Bertz CT molecular complexity index is 1880. The van der Waals surface area contributed by atoms with E-state index in [-0.39, 0.29) is 36.2 Å². The molecule has 1 aliphatic rings. The quantitative estimate of drug-likeness (QED) is 0.138. The van der Waals surface area contributed by atoms with Crippen molar-refractivity contribution in [3.8, 4) is 5.69 Å². The lowest BCUT2D eigenvalue weighted by Crippen LogP contribution is -2.46. The summed E-state index contributed by atoms with van der Waals surface area (Å²) in [6.07, 6.45) is 4.63. The van der Waals surface area contributed by atoms with E-state index in [2.05, 4.69) is 36.8 Å². The fourth-order valence-electron chi connectivity index (χ4n) is 5.68. The molecule has 0 aliphatic carbocycles. The monoisotopic (exact) mass is 715 g/mol. The van der Waals surface area contributed by atoms with Gasteiger partial charge in [-0.15, -0.1) is 5.10 Å². The van der Waals surface area contributed by atoms with Gasteiger partial charge in [0.15, 0.2) is 0 Å². The van der Waals surface area contributed by atoms with Gasteiger partial charge < -0.3 is 31.3 Å². The largest absolute Gasteiger partial charge is 0.478 e. The number of carbonyl (C=O) groups excluding carboxylic acids is 4. The Morgan fingerprint density at radius 3 is 2.18 bits per heavy atom. The summed E-state index contributed by atoms with van der Waals surface area (Å²) in [6.45, 7) is 4.96. The van der Waals surface area contributed by atoms with Gasteiger partial charge in [-0.05, 0) is 102 Å². The van der Waals surface area contributed by atoms with Crippen LogP contribution in [0.2, 0.25) is 5.02 Å². The Hall–Kier alpha value is -5.83. The van der Waals surface area contributed by atoms with E-state index in [1.165, 1.54) is 41.3 Å². The summed E-state index contributed by atoms with van der Waals surface area (Å²) in [5, 5.41) is 31.6. The van der Waals surface area contributed by atoms with Gasteiger partial charge in [0.2, 0.25) is 5.91 Å². The molecule has 1 aromatic heterocycles. The third kappa shape index (κ3) is 9.66. The predicted molar refractivity (Wildman–Crippen MR) is 190 cm³/mol. The van der Waals surface area contributed by atoms with E-state index in [1.54, 1.807) is 43.0 Å². The molecule has 51 heavy (non-hydrogen) atoms. The number of aromatic nitrogens is 4. The Labute approximate surface area is 298 Å². The highest BCUT2D eigenvalue weighted by Crippen LogP contribution is 2.32. The minimum atomic E-state index is -1.09. The topological polar surface area (TPSA) is 201 Å². The van der Waals surface area contributed by atoms with Gasteiger partial charge in [0.05, 0.1) is 16.9 Å². The zero-order chi connectivity index (χ0) is 36.5. The number of carboxylic acid groups (broad SMARTS) is 1. The molecular formula is C35H38ClN9O6. The van der Waals surface area contributed by atoms with Crippen molar-refractivity contribution in [1.29, 1.82) is 0 Å². The van der Waals surface area contributed by atoms with Gasteiger partial charge in [-0.2, -0.15) is 4.68 Å². The van der Waals surface area contributed by atoms with Crippen molar-refractivity contribution in [1.82, 2.24) is 30.4 Å². The molecule has 1 atom stereocenters. The van der Waals surface area contributed by atoms with Crippen molar-refractivity contribution in [2.24, 2.45) is 11.3 Å². The van der Waals surface area contributed by atoms with Gasteiger partial charge in [-0.1, -0.05) is 37.6 Å². The van der Waals surface area contributed by atoms with E-state index in [0.29, 0.717) is 22.1 Å². The molecule has 3 aromatic carbocycles. The molecule has 0 radical (unpaired) electrons. The number of carboxylic acids is 1. The van der Waals surface area contributed by atoms with Gasteiger partial charge in [0.25, 0.3) is 0 Å². The van der Waals surface area contributed by atoms with Crippen LogP contribution in [0.4, 0.5) is 21.9 Å². The number of nitrogens with zero attached hydrogens (tertiary/aromatic N) is 5. The average Bonchev–Trinajstić information content (AvgIpc) is 3.66. The van der Waals surface area contributed by atoms with Gasteiger partial charge in [-0.25, -0.2) is 9.59 Å². The number of tetrazole rings is 1. The molecule has 5 amide bonds. The molecule has 2 heterocycles. The minimum Gasteiger partial charge on any atom is -0.478 e. The van der Waals surface area contributed by atoms with E-state index < -0.39 is 29.1 Å². The maximum Gasteiger partial charge on any atom is 0.335 e. The number of urea groups is 1. The molecule has 4 aromatic rings. The lowest BCUT2D eigenvalue weighted by Gasteiger charge is -2.34. The fourth-order valence-corrected chi connectivity index (χ4v) is 5.85. The van der Waals surface area contributed by atoms with E-state index in [4.69, 9.17) is 11.6 Å². The smallest absolute Gasteiger partial charge is 0.335 e. The first-order valence-electron chi connectivity index (χ1n) is 16.3. The summed E-state index contributed by atoms with van der Waals surface area (Å²) in [7, 11) is 0. The van der Waals surface area contributed by atoms with Crippen LogP contribution < -0.4 is 21.3 Å². The number of nitrogens with one attached hydrogen (secondary N) is 4. The van der Waals surface area contributed by atoms with Crippen molar-refractivity contribution >= 4 is 58.4 Å². The first kappa shape index (κ1) is 36.5. The van der Waals surface area contributed by atoms with Crippen LogP contribution in [0.15, 0.2) is 73.1 Å². The third-order valence-corrected chi connectivity index (χ3v) is 8.90. The van der Waals surface area contributed by atoms with Crippen LogP contribution in [0.1, 0.15) is 49.0 Å². The highest BCUT2D eigenvalue weighted by molar-refractivity contribution is 6.40. The number of hydrogen-bond donors (Lipinski definition) is 5. The molecule has 16 heteroatoms. The highest BCUT2D eigenvalue weighted by Gasteiger charge is 2.36. The molecular weight excluding hydrogens is 678 g/mol. The predicted octanol–water partition coefficient (Wildman–Crippen LogP) is 4.61. The van der Waals surface area contributed by atoms with Crippen molar-refractivity contribution in [2.45, 2.75) is 39.5 Å². The van der Waals surface area contributed by atoms with Crippen LogP contribution in [0.25, 0.3) is 5.69 Å². The van der Waals surface area contributed by atoms with Crippen LogP contribution in [-0.4, -0.2) is 79.6 Å². The van der Waals surface area contributed by atoms with Gasteiger partial charge in [-0.3, -0.25) is 14.4 Å². The molecule has 0 saturated carbocycles.